The molecule has 2 aromatic rings. The molecule has 6 heteroatoms. The molecule has 2 aromatic carbocycles. The molecule has 0 radical (unpaired) electrons. The monoisotopic (exact) mass is 396 g/mol. The van der Waals surface area contributed by atoms with Crippen molar-refractivity contribution in [3.63, 3.8) is 0 Å². The van der Waals surface area contributed by atoms with Crippen LogP contribution in [0.1, 0.15) is 10.4 Å². The van der Waals surface area contributed by atoms with Crippen molar-refractivity contribution in [3.05, 3.63) is 57.5 Å². The van der Waals surface area contributed by atoms with Crippen molar-refractivity contribution in [3.8, 4) is 5.75 Å². The number of carbonyl (C=O) groups excluding carboxylic acids is 1. The van der Waals surface area contributed by atoms with Gasteiger partial charge in [0.05, 0.1) is 4.47 Å². The van der Waals surface area contributed by atoms with Gasteiger partial charge in [0.1, 0.15) is 12.4 Å². The summed E-state index contributed by atoms with van der Waals surface area (Å²) in [6.45, 7) is 1.16. The first-order chi connectivity index (χ1) is 11.0. The first-order valence-electron chi connectivity index (χ1n) is 7.11. The molecule has 0 unspecified atom stereocenters. The topological polar surface area (TPSA) is 41.6 Å². The highest BCUT2D eigenvalue weighted by Gasteiger charge is 2.07. The van der Waals surface area contributed by atoms with E-state index in [9.17, 15) is 4.79 Å². The van der Waals surface area contributed by atoms with Crippen LogP contribution in [0.25, 0.3) is 0 Å². The number of hydrogen-bond donors (Lipinski definition) is 1. The van der Waals surface area contributed by atoms with Gasteiger partial charge < -0.3 is 15.0 Å². The average Bonchev–Trinajstić information content (AvgIpc) is 2.53. The summed E-state index contributed by atoms with van der Waals surface area (Å²) in [5.41, 5.74) is 1.61. The van der Waals surface area contributed by atoms with E-state index in [1.54, 1.807) is 43.3 Å². The van der Waals surface area contributed by atoms with Gasteiger partial charge in [-0.2, -0.15) is 0 Å². The lowest BCUT2D eigenvalue weighted by molar-refractivity contribution is 0.0827. The first-order valence-corrected chi connectivity index (χ1v) is 8.28. The maximum absolute atomic E-state index is 11.8. The number of amides is 1. The van der Waals surface area contributed by atoms with Crippen LogP contribution in [-0.4, -0.2) is 38.1 Å². The van der Waals surface area contributed by atoms with Crippen molar-refractivity contribution in [1.29, 1.82) is 0 Å². The minimum absolute atomic E-state index is 0.00697. The molecule has 0 bridgehead atoms. The third-order valence-corrected chi connectivity index (χ3v) is 3.98. The van der Waals surface area contributed by atoms with Gasteiger partial charge in [-0.05, 0) is 58.4 Å². The minimum atomic E-state index is -0.00697. The zero-order chi connectivity index (χ0) is 16.8. The Kier molecular flexibility index (Phi) is 6.30. The summed E-state index contributed by atoms with van der Waals surface area (Å²) >= 11 is 9.30. The lowest BCUT2D eigenvalue weighted by Crippen LogP contribution is -2.21. The smallest absolute Gasteiger partial charge is 0.253 e. The van der Waals surface area contributed by atoms with E-state index in [1.807, 2.05) is 18.2 Å². The van der Waals surface area contributed by atoms with Gasteiger partial charge in [0.2, 0.25) is 0 Å². The Morgan fingerprint density at radius 1 is 1.22 bits per heavy atom. The number of anilines is 1. The zero-order valence-corrected chi connectivity index (χ0v) is 15.3. The predicted octanol–water partition coefficient (Wildman–Crippen LogP) is 4.30. The highest BCUT2D eigenvalue weighted by Crippen LogP contribution is 2.27. The Hall–Kier alpha value is -1.72. The molecule has 0 aliphatic rings. The molecule has 0 fully saturated rings. The Labute approximate surface area is 149 Å². The molecule has 4 nitrogen and oxygen atoms in total. The number of carbonyl (C=O) groups is 1. The molecule has 0 aromatic heterocycles. The Morgan fingerprint density at radius 3 is 2.52 bits per heavy atom. The van der Waals surface area contributed by atoms with Gasteiger partial charge in [0, 0.05) is 36.9 Å². The summed E-state index contributed by atoms with van der Waals surface area (Å²) < 4.78 is 6.51. The van der Waals surface area contributed by atoms with Crippen molar-refractivity contribution < 1.29 is 9.53 Å². The summed E-state index contributed by atoms with van der Waals surface area (Å²) in [6.07, 6.45) is 0. The number of nitrogens with one attached hydrogen (secondary N) is 1. The fourth-order valence-electron chi connectivity index (χ4n) is 1.94. The number of ether oxygens (including phenoxy) is 1. The number of nitrogens with zero attached hydrogens (tertiary/aromatic N) is 1. The standard InChI is InChI=1S/C17H18BrClN2O2/c1-21(2)17(22)12-3-6-14(7-4-12)20-9-10-23-16-8-5-13(19)11-15(16)18/h3-8,11,20H,9-10H2,1-2H3. The first kappa shape index (κ1) is 17.6. The molecule has 0 aliphatic carbocycles. The molecule has 0 atom stereocenters. The van der Waals surface area contributed by atoms with Crippen LogP contribution in [0.4, 0.5) is 5.69 Å². The third-order valence-electron chi connectivity index (χ3n) is 3.12. The van der Waals surface area contributed by atoms with E-state index in [4.69, 9.17) is 16.3 Å². The molecular weight excluding hydrogens is 380 g/mol. The van der Waals surface area contributed by atoms with Gasteiger partial charge in [0.25, 0.3) is 5.91 Å². The zero-order valence-electron chi connectivity index (χ0n) is 13.0. The van der Waals surface area contributed by atoms with Crippen LogP contribution in [0.3, 0.4) is 0 Å². The van der Waals surface area contributed by atoms with E-state index in [2.05, 4.69) is 21.2 Å². The second-order valence-electron chi connectivity index (χ2n) is 5.13. The molecule has 1 N–H and O–H groups in total. The van der Waals surface area contributed by atoms with Crippen LogP contribution >= 0.6 is 27.5 Å². The van der Waals surface area contributed by atoms with E-state index < -0.39 is 0 Å². The van der Waals surface area contributed by atoms with Crippen LogP contribution in [0, 0.1) is 0 Å². The maximum Gasteiger partial charge on any atom is 0.253 e. The molecule has 0 heterocycles. The Bertz CT molecular complexity index is 675. The van der Waals surface area contributed by atoms with Crippen molar-refractivity contribution in [2.75, 3.05) is 32.6 Å². The largest absolute Gasteiger partial charge is 0.491 e. The number of rotatable bonds is 6. The Morgan fingerprint density at radius 2 is 1.91 bits per heavy atom. The molecule has 23 heavy (non-hydrogen) atoms. The van der Waals surface area contributed by atoms with Crippen LogP contribution in [-0.2, 0) is 0 Å². The van der Waals surface area contributed by atoms with Crippen LogP contribution < -0.4 is 10.1 Å². The second kappa shape index (κ2) is 8.22. The van der Waals surface area contributed by atoms with E-state index in [0.29, 0.717) is 23.7 Å². The maximum atomic E-state index is 11.8. The highest BCUT2D eigenvalue weighted by molar-refractivity contribution is 9.10. The van der Waals surface area contributed by atoms with Crippen molar-refractivity contribution in [2.24, 2.45) is 0 Å². The third kappa shape index (κ3) is 5.15. The molecule has 0 saturated heterocycles. The summed E-state index contributed by atoms with van der Waals surface area (Å²) in [4.78, 5) is 13.4. The fourth-order valence-corrected chi connectivity index (χ4v) is 2.73. The van der Waals surface area contributed by atoms with E-state index in [1.165, 1.54) is 0 Å². The molecule has 0 aliphatic heterocycles. The van der Waals surface area contributed by atoms with Gasteiger partial charge >= 0.3 is 0 Å². The van der Waals surface area contributed by atoms with Crippen LogP contribution in [0.2, 0.25) is 5.02 Å². The van der Waals surface area contributed by atoms with Gasteiger partial charge in [-0.1, -0.05) is 11.6 Å². The van der Waals surface area contributed by atoms with Gasteiger partial charge in [-0.25, -0.2) is 0 Å². The van der Waals surface area contributed by atoms with E-state index in [0.717, 1.165) is 15.9 Å². The summed E-state index contributed by atoms with van der Waals surface area (Å²) in [7, 11) is 3.47. The molecule has 122 valence electrons. The van der Waals surface area contributed by atoms with E-state index in [-0.39, 0.29) is 5.91 Å². The lowest BCUT2D eigenvalue weighted by Gasteiger charge is -2.12. The Balaban J connectivity index is 1.81. The van der Waals surface area contributed by atoms with Gasteiger partial charge in [0.15, 0.2) is 0 Å². The predicted molar refractivity (Wildman–Crippen MR) is 97.6 cm³/mol. The molecule has 0 saturated carbocycles. The summed E-state index contributed by atoms with van der Waals surface area (Å²) in [5.74, 6) is 0.746. The molecule has 0 spiro atoms. The van der Waals surface area contributed by atoms with Crippen molar-refractivity contribution in [1.82, 2.24) is 4.90 Å². The SMILES string of the molecule is CN(C)C(=O)c1ccc(NCCOc2ccc(Cl)cc2Br)cc1. The number of benzene rings is 2. The lowest BCUT2D eigenvalue weighted by atomic mass is 10.2. The van der Waals surface area contributed by atoms with Crippen LogP contribution in [0.5, 0.6) is 5.75 Å². The van der Waals surface area contributed by atoms with Crippen molar-refractivity contribution in [2.45, 2.75) is 0 Å². The summed E-state index contributed by atoms with van der Waals surface area (Å²) in [5, 5.41) is 3.91. The number of halogens is 2. The van der Waals surface area contributed by atoms with Gasteiger partial charge in [-0.15, -0.1) is 0 Å². The van der Waals surface area contributed by atoms with E-state index >= 15 is 0 Å². The average molecular weight is 398 g/mol. The molecular formula is C17H18BrClN2O2. The minimum Gasteiger partial charge on any atom is -0.491 e. The second-order valence-corrected chi connectivity index (χ2v) is 6.42. The van der Waals surface area contributed by atoms with Crippen molar-refractivity contribution >= 4 is 39.1 Å². The quantitative estimate of drug-likeness (QED) is 0.739. The normalized spacial score (nSPS) is 10.3. The van der Waals surface area contributed by atoms with Gasteiger partial charge in [-0.3, -0.25) is 4.79 Å². The summed E-state index contributed by atoms with van der Waals surface area (Å²) in [6, 6.07) is 12.8. The highest BCUT2D eigenvalue weighted by atomic mass is 79.9. The molecule has 1 amide bonds. The number of hydrogen-bond acceptors (Lipinski definition) is 3. The van der Waals surface area contributed by atoms with Crippen LogP contribution in [0.15, 0.2) is 46.9 Å². The fraction of sp³-hybridized carbons (Fsp3) is 0.235. The molecule has 2 rings (SSSR count).